The molecule has 0 amide bonds. The van der Waals surface area contributed by atoms with Gasteiger partial charge in [0, 0.05) is 6.54 Å². The average molecular weight is 359 g/mol. The topological polar surface area (TPSA) is 46.6 Å². The molecule has 1 aliphatic heterocycles. The Morgan fingerprint density at radius 1 is 1.04 bits per heavy atom. The highest BCUT2D eigenvalue weighted by Gasteiger charge is 2.36. The lowest BCUT2D eigenvalue weighted by atomic mass is 9.90. The number of nitrogens with zero attached hydrogens (tertiary/aromatic N) is 1. The zero-order valence-electron chi connectivity index (χ0n) is 15.0. The van der Waals surface area contributed by atoms with Crippen molar-refractivity contribution in [1.29, 1.82) is 0 Å². The van der Waals surface area contributed by atoms with Gasteiger partial charge in [-0.1, -0.05) is 36.8 Å². The van der Waals surface area contributed by atoms with Crippen molar-refractivity contribution in [2.75, 3.05) is 13.7 Å². The van der Waals surface area contributed by atoms with Gasteiger partial charge in [-0.05, 0) is 55.5 Å². The Morgan fingerprint density at radius 2 is 1.68 bits per heavy atom. The Morgan fingerprint density at radius 3 is 2.28 bits per heavy atom. The van der Waals surface area contributed by atoms with E-state index in [-0.39, 0.29) is 6.04 Å². The summed E-state index contributed by atoms with van der Waals surface area (Å²) < 4.78 is 33.3. The number of rotatable bonds is 4. The maximum absolute atomic E-state index is 13.2. The first-order valence-corrected chi connectivity index (χ1v) is 10.1. The van der Waals surface area contributed by atoms with Crippen LogP contribution in [-0.2, 0) is 10.0 Å². The van der Waals surface area contributed by atoms with Crippen molar-refractivity contribution < 1.29 is 13.2 Å². The number of hydrogen-bond donors (Lipinski definition) is 0. The minimum atomic E-state index is -3.51. The van der Waals surface area contributed by atoms with Crippen LogP contribution in [0.1, 0.15) is 36.9 Å². The van der Waals surface area contributed by atoms with Gasteiger partial charge < -0.3 is 4.74 Å². The number of sulfonamides is 1. The van der Waals surface area contributed by atoms with E-state index in [1.54, 1.807) is 23.5 Å². The van der Waals surface area contributed by atoms with Crippen LogP contribution in [0, 0.1) is 12.8 Å². The van der Waals surface area contributed by atoms with E-state index in [1.165, 1.54) is 0 Å². The number of methoxy groups -OCH3 is 1. The quantitative estimate of drug-likeness (QED) is 0.823. The third-order valence-electron chi connectivity index (χ3n) is 4.94. The van der Waals surface area contributed by atoms with Crippen LogP contribution in [0.4, 0.5) is 0 Å². The molecule has 2 aromatic rings. The second-order valence-electron chi connectivity index (χ2n) is 6.85. The van der Waals surface area contributed by atoms with Gasteiger partial charge >= 0.3 is 0 Å². The fraction of sp³-hybridized carbons (Fsp3) is 0.400. The van der Waals surface area contributed by atoms with E-state index in [0.717, 1.165) is 29.7 Å². The summed E-state index contributed by atoms with van der Waals surface area (Å²) >= 11 is 0. The zero-order chi connectivity index (χ0) is 18.0. The van der Waals surface area contributed by atoms with E-state index in [2.05, 4.69) is 6.92 Å². The summed E-state index contributed by atoms with van der Waals surface area (Å²) in [6, 6.07) is 14.7. The lowest BCUT2D eigenvalue weighted by Gasteiger charge is -2.37. The van der Waals surface area contributed by atoms with Gasteiger partial charge in [-0.25, -0.2) is 8.42 Å². The van der Waals surface area contributed by atoms with Gasteiger partial charge in [-0.2, -0.15) is 4.31 Å². The van der Waals surface area contributed by atoms with Crippen molar-refractivity contribution in [1.82, 2.24) is 4.31 Å². The van der Waals surface area contributed by atoms with Crippen LogP contribution in [-0.4, -0.2) is 26.4 Å². The predicted octanol–water partition coefficient (Wildman–Crippen LogP) is 4.17. The number of hydrogen-bond acceptors (Lipinski definition) is 3. The Hall–Kier alpha value is -1.85. The highest BCUT2D eigenvalue weighted by atomic mass is 32.2. The molecule has 0 N–H and O–H groups in total. The molecule has 0 radical (unpaired) electrons. The molecule has 0 saturated carbocycles. The van der Waals surface area contributed by atoms with E-state index < -0.39 is 10.0 Å². The van der Waals surface area contributed by atoms with Crippen LogP contribution in [0.15, 0.2) is 53.4 Å². The third kappa shape index (κ3) is 3.72. The molecule has 1 saturated heterocycles. The maximum Gasteiger partial charge on any atom is 0.243 e. The Labute approximate surface area is 150 Å². The molecule has 0 spiro atoms. The van der Waals surface area contributed by atoms with Gasteiger partial charge in [0.2, 0.25) is 10.0 Å². The Bertz CT molecular complexity index is 813. The maximum atomic E-state index is 13.2. The number of aryl methyl sites for hydroxylation is 1. The van der Waals surface area contributed by atoms with Crippen LogP contribution in [0.5, 0.6) is 5.75 Å². The normalized spacial score (nSPS) is 21.9. The Balaban J connectivity index is 1.97. The highest BCUT2D eigenvalue weighted by Crippen LogP contribution is 2.38. The highest BCUT2D eigenvalue weighted by molar-refractivity contribution is 7.89. The molecule has 1 aliphatic rings. The summed E-state index contributed by atoms with van der Waals surface area (Å²) in [7, 11) is -1.88. The molecule has 0 bridgehead atoms. The van der Waals surface area contributed by atoms with Gasteiger partial charge in [-0.15, -0.1) is 0 Å². The summed E-state index contributed by atoms with van der Waals surface area (Å²) in [6.45, 7) is 4.69. The van der Waals surface area contributed by atoms with Crippen molar-refractivity contribution in [2.24, 2.45) is 5.92 Å². The van der Waals surface area contributed by atoms with Crippen LogP contribution in [0.2, 0.25) is 0 Å². The average Bonchev–Trinajstić information content (AvgIpc) is 2.62. The Kier molecular flexibility index (Phi) is 5.16. The molecule has 5 heteroatoms. The molecule has 2 atom stereocenters. The lowest BCUT2D eigenvalue weighted by molar-refractivity contribution is 0.208. The van der Waals surface area contributed by atoms with E-state index >= 15 is 0 Å². The molecule has 0 unspecified atom stereocenters. The van der Waals surface area contributed by atoms with Crippen LogP contribution in [0.3, 0.4) is 0 Å². The van der Waals surface area contributed by atoms with E-state index in [0.29, 0.717) is 17.4 Å². The second kappa shape index (κ2) is 7.18. The summed E-state index contributed by atoms with van der Waals surface area (Å²) in [6.07, 6.45) is 1.72. The fourth-order valence-corrected chi connectivity index (χ4v) is 5.02. The molecule has 3 rings (SSSR count). The number of benzene rings is 2. The van der Waals surface area contributed by atoms with Gasteiger partial charge in [0.25, 0.3) is 0 Å². The largest absolute Gasteiger partial charge is 0.497 e. The number of ether oxygens (including phenoxy) is 1. The van der Waals surface area contributed by atoms with E-state index in [1.807, 2.05) is 43.3 Å². The van der Waals surface area contributed by atoms with Crippen molar-refractivity contribution in [3.63, 3.8) is 0 Å². The summed E-state index contributed by atoms with van der Waals surface area (Å²) in [5.74, 6) is 1.28. The van der Waals surface area contributed by atoms with E-state index in [9.17, 15) is 8.42 Å². The van der Waals surface area contributed by atoms with Gasteiger partial charge in [0.05, 0.1) is 18.0 Å². The fourth-order valence-electron chi connectivity index (χ4n) is 3.38. The second-order valence-corrected chi connectivity index (χ2v) is 8.74. The van der Waals surface area contributed by atoms with Gasteiger partial charge in [0.1, 0.15) is 5.75 Å². The zero-order valence-corrected chi connectivity index (χ0v) is 15.8. The van der Waals surface area contributed by atoms with Gasteiger partial charge in [0.15, 0.2) is 0 Å². The lowest BCUT2D eigenvalue weighted by Crippen LogP contribution is -2.40. The van der Waals surface area contributed by atoms with Crippen LogP contribution >= 0.6 is 0 Å². The summed E-state index contributed by atoms with van der Waals surface area (Å²) in [5.41, 5.74) is 2.07. The monoisotopic (exact) mass is 359 g/mol. The van der Waals surface area contributed by atoms with Crippen molar-refractivity contribution >= 4 is 10.0 Å². The molecule has 0 aromatic heterocycles. The molecule has 134 valence electrons. The van der Waals surface area contributed by atoms with E-state index in [4.69, 9.17) is 4.74 Å². The third-order valence-corrected chi connectivity index (χ3v) is 6.87. The van der Waals surface area contributed by atoms with Crippen molar-refractivity contribution in [3.8, 4) is 5.75 Å². The first-order valence-electron chi connectivity index (χ1n) is 8.64. The SMILES string of the molecule is COc1ccc([C@H]2C[C@H](C)CCN2S(=O)(=O)c2ccc(C)cc2)cc1. The smallest absolute Gasteiger partial charge is 0.243 e. The summed E-state index contributed by atoms with van der Waals surface area (Å²) in [4.78, 5) is 0.367. The molecule has 0 aliphatic carbocycles. The number of piperidine rings is 1. The first-order chi connectivity index (χ1) is 11.9. The minimum absolute atomic E-state index is 0.138. The molecule has 1 fully saturated rings. The van der Waals surface area contributed by atoms with Crippen LogP contribution in [0.25, 0.3) is 0 Å². The molecular formula is C20H25NO3S. The van der Waals surface area contributed by atoms with Crippen molar-refractivity contribution in [3.05, 3.63) is 59.7 Å². The van der Waals surface area contributed by atoms with Crippen molar-refractivity contribution in [2.45, 2.75) is 37.6 Å². The van der Waals surface area contributed by atoms with Crippen LogP contribution < -0.4 is 4.74 Å². The molecule has 2 aromatic carbocycles. The molecule has 25 heavy (non-hydrogen) atoms. The molecular weight excluding hydrogens is 334 g/mol. The first kappa shape index (κ1) is 18.0. The van der Waals surface area contributed by atoms with Gasteiger partial charge in [-0.3, -0.25) is 0 Å². The predicted molar refractivity (Wildman–Crippen MR) is 99.2 cm³/mol. The molecule has 1 heterocycles. The minimum Gasteiger partial charge on any atom is -0.497 e. The standard InChI is InChI=1S/C20H25NO3S/c1-15-4-10-19(11-5-15)25(22,23)21-13-12-16(2)14-20(21)17-6-8-18(24-3)9-7-17/h4-11,16,20H,12-14H2,1-3H3/t16-,20-/m1/s1. The molecule has 4 nitrogen and oxygen atoms in total. The summed E-state index contributed by atoms with van der Waals surface area (Å²) in [5, 5.41) is 0.